The molecule has 0 aliphatic carbocycles. The number of hydrogen-bond acceptors (Lipinski definition) is 3. The minimum absolute atomic E-state index is 0.0248. The number of hydrogen-bond donors (Lipinski definition) is 2. The maximum Gasteiger partial charge on any atom is 0.252 e. The first-order chi connectivity index (χ1) is 12.6. The molecule has 0 fully saturated rings. The molecule has 0 saturated carbocycles. The van der Waals surface area contributed by atoms with Crippen LogP contribution >= 0.6 is 15.9 Å². The lowest BCUT2D eigenvalue weighted by Gasteiger charge is -2.28. The number of nitrogens with one attached hydrogen (secondary N) is 2. The molecule has 0 spiro atoms. The Kier molecular flexibility index (Phi) is 6.41. The molecule has 0 bridgehead atoms. The average molecular weight is 416 g/mol. The van der Waals surface area contributed by atoms with Crippen LogP contribution in [0.3, 0.4) is 0 Å². The fourth-order valence-corrected chi connectivity index (χ4v) is 3.53. The van der Waals surface area contributed by atoms with Gasteiger partial charge in [0.15, 0.2) is 0 Å². The number of amides is 2. The van der Waals surface area contributed by atoms with E-state index >= 15 is 0 Å². The molecule has 0 aromatic heterocycles. The largest absolute Gasteiger partial charge is 0.353 e. The van der Waals surface area contributed by atoms with Crippen LogP contribution in [0.15, 0.2) is 53.0 Å². The summed E-state index contributed by atoms with van der Waals surface area (Å²) in [7, 11) is 0. The minimum Gasteiger partial charge on any atom is -0.353 e. The summed E-state index contributed by atoms with van der Waals surface area (Å²) in [6.45, 7) is 3.28. The Morgan fingerprint density at radius 2 is 1.73 bits per heavy atom. The van der Waals surface area contributed by atoms with Gasteiger partial charge in [-0.15, -0.1) is 0 Å². The van der Waals surface area contributed by atoms with Gasteiger partial charge in [0.05, 0.1) is 12.1 Å². The van der Waals surface area contributed by atoms with Crippen molar-refractivity contribution in [2.24, 2.45) is 0 Å². The van der Waals surface area contributed by atoms with E-state index in [4.69, 9.17) is 0 Å². The second-order valence-electron chi connectivity index (χ2n) is 6.31. The van der Waals surface area contributed by atoms with Gasteiger partial charge in [-0.25, -0.2) is 0 Å². The van der Waals surface area contributed by atoms with Crippen LogP contribution in [0.5, 0.6) is 0 Å². The predicted octanol–water partition coefficient (Wildman–Crippen LogP) is 2.35. The van der Waals surface area contributed by atoms with Crippen molar-refractivity contribution in [3.63, 3.8) is 0 Å². The molecule has 2 aromatic carbocycles. The van der Waals surface area contributed by atoms with Crippen molar-refractivity contribution < 1.29 is 9.59 Å². The van der Waals surface area contributed by atoms with E-state index in [-0.39, 0.29) is 18.4 Å². The highest BCUT2D eigenvalue weighted by atomic mass is 79.9. The summed E-state index contributed by atoms with van der Waals surface area (Å²) in [5.41, 5.74) is 3.31. The Balaban J connectivity index is 1.37. The maximum atomic E-state index is 12.1. The Hall–Kier alpha value is -2.18. The molecule has 1 aliphatic heterocycles. The van der Waals surface area contributed by atoms with E-state index in [1.54, 1.807) is 18.2 Å². The maximum absolute atomic E-state index is 12.1. The van der Waals surface area contributed by atoms with Crippen LogP contribution in [0.1, 0.15) is 21.5 Å². The molecule has 26 heavy (non-hydrogen) atoms. The molecule has 0 atom stereocenters. The van der Waals surface area contributed by atoms with Gasteiger partial charge in [0.25, 0.3) is 5.91 Å². The summed E-state index contributed by atoms with van der Waals surface area (Å²) >= 11 is 3.33. The zero-order valence-electron chi connectivity index (χ0n) is 14.5. The number of rotatable bonds is 6. The number of halogens is 1. The standard InChI is InChI=1S/C20H22BrN3O2/c21-18-8-4-3-7-17(18)20(26)23-13-19(25)22-10-12-24-11-9-15-5-1-2-6-16(15)14-24/h1-8H,9-14H2,(H,22,25)(H,23,26). The monoisotopic (exact) mass is 415 g/mol. The zero-order valence-corrected chi connectivity index (χ0v) is 16.1. The Morgan fingerprint density at radius 3 is 2.54 bits per heavy atom. The van der Waals surface area contributed by atoms with Gasteiger partial charge >= 0.3 is 0 Å². The quantitative estimate of drug-likeness (QED) is 0.760. The van der Waals surface area contributed by atoms with Gasteiger partial charge in [0.1, 0.15) is 0 Å². The Morgan fingerprint density at radius 1 is 1.00 bits per heavy atom. The van der Waals surface area contributed by atoms with Crippen LogP contribution < -0.4 is 10.6 Å². The van der Waals surface area contributed by atoms with Gasteiger partial charge in [0.2, 0.25) is 5.91 Å². The zero-order chi connectivity index (χ0) is 18.4. The molecule has 0 saturated heterocycles. The molecule has 2 aromatic rings. The van der Waals surface area contributed by atoms with Crippen LogP contribution in [0.25, 0.3) is 0 Å². The van der Waals surface area contributed by atoms with Gasteiger partial charge in [-0.05, 0) is 45.6 Å². The van der Waals surface area contributed by atoms with E-state index < -0.39 is 0 Å². The van der Waals surface area contributed by atoms with Gasteiger partial charge in [0, 0.05) is 30.7 Å². The molecule has 2 amide bonds. The first-order valence-electron chi connectivity index (χ1n) is 8.72. The topological polar surface area (TPSA) is 61.4 Å². The third kappa shape index (κ3) is 4.93. The minimum atomic E-state index is -0.264. The SMILES string of the molecule is O=C(CNC(=O)c1ccccc1Br)NCCN1CCc2ccccc2C1. The van der Waals surface area contributed by atoms with Crippen LogP contribution in [-0.2, 0) is 17.8 Å². The average Bonchev–Trinajstić information content (AvgIpc) is 2.66. The van der Waals surface area contributed by atoms with E-state index in [1.807, 2.05) is 6.07 Å². The Bertz CT molecular complexity index is 794. The molecular weight excluding hydrogens is 394 g/mol. The van der Waals surface area contributed by atoms with Gasteiger partial charge < -0.3 is 10.6 Å². The van der Waals surface area contributed by atoms with Crippen molar-refractivity contribution in [3.05, 3.63) is 69.7 Å². The molecule has 0 radical (unpaired) electrons. The summed E-state index contributed by atoms with van der Waals surface area (Å²) in [4.78, 5) is 26.4. The lowest BCUT2D eigenvalue weighted by Crippen LogP contribution is -2.41. The van der Waals surface area contributed by atoms with Crippen LogP contribution in [0, 0.1) is 0 Å². The van der Waals surface area contributed by atoms with E-state index in [0.29, 0.717) is 16.6 Å². The van der Waals surface area contributed by atoms with Crippen molar-refractivity contribution >= 4 is 27.7 Å². The van der Waals surface area contributed by atoms with E-state index in [9.17, 15) is 9.59 Å². The smallest absolute Gasteiger partial charge is 0.252 e. The lowest BCUT2D eigenvalue weighted by molar-refractivity contribution is -0.120. The molecule has 6 heteroatoms. The molecule has 136 valence electrons. The molecule has 2 N–H and O–H groups in total. The van der Waals surface area contributed by atoms with Crippen LogP contribution in [0.2, 0.25) is 0 Å². The number of benzene rings is 2. The molecule has 5 nitrogen and oxygen atoms in total. The molecule has 1 aliphatic rings. The van der Waals surface area contributed by atoms with Gasteiger partial charge in [-0.3, -0.25) is 14.5 Å². The highest BCUT2D eigenvalue weighted by Crippen LogP contribution is 2.18. The number of carbonyl (C=O) groups excluding carboxylic acids is 2. The van der Waals surface area contributed by atoms with Crippen molar-refractivity contribution in [1.82, 2.24) is 15.5 Å². The second kappa shape index (κ2) is 8.96. The fraction of sp³-hybridized carbons (Fsp3) is 0.300. The van der Waals surface area contributed by atoms with Crippen molar-refractivity contribution in [1.29, 1.82) is 0 Å². The van der Waals surface area contributed by atoms with Crippen molar-refractivity contribution in [2.45, 2.75) is 13.0 Å². The van der Waals surface area contributed by atoms with Gasteiger partial charge in [-0.2, -0.15) is 0 Å². The summed E-state index contributed by atoms with van der Waals surface area (Å²) < 4.78 is 0.711. The van der Waals surface area contributed by atoms with Crippen LogP contribution in [0.4, 0.5) is 0 Å². The Labute approximate surface area is 161 Å². The van der Waals surface area contributed by atoms with Crippen LogP contribution in [-0.4, -0.2) is 42.9 Å². The molecule has 1 heterocycles. The second-order valence-corrected chi connectivity index (χ2v) is 7.16. The number of carbonyl (C=O) groups is 2. The fourth-order valence-electron chi connectivity index (χ4n) is 3.06. The van der Waals surface area contributed by atoms with E-state index in [2.05, 4.69) is 55.7 Å². The first kappa shape index (κ1) is 18.6. The molecule has 0 unspecified atom stereocenters. The normalized spacial score (nSPS) is 13.7. The first-order valence-corrected chi connectivity index (χ1v) is 9.51. The lowest BCUT2D eigenvalue weighted by atomic mass is 10.00. The summed E-state index contributed by atoms with van der Waals surface area (Å²) in [6.07, 6.45) is 1.05. The number of nitrogens with zero attached hydrogens (tertiary/aromatic N) is 1. The van der Waals surface area contributed by atoms with Crippen molar-refractivity contribution in [2.75, 3.05) is 26.2 Å². The highest BCUT2D eigenvalue weighted by molar-refractivity contribution is 9.10. The summed E-state index contributed by atoms with van der Waals surface area (Å²) in [6, 6.07) is 15.6. The number of fused-ring (bicyclic) bond motifs is 1. The molecule has 3 rings (SSSR count). The predicted molar refractivity (Wildman–Crippen MR) is 105 cm³/mol. The highest BCUT2D eigenvalue weighted by Gasteiger charge is 2.15. The third-order valence-corrected chi connectivity index (χ3v) is 5.18. The van der Waals surface area contributed by atoms with E-state index in [0.717, 1.165) is 26.1 Å². The van der Waals surface area contributed by atoms with E-state index in [1.165, 1.54) is 11.1 Å². The summed E-state index contributed by atoms with van der Waals surface area (Å²) in [5.74, 6) is -0.442. The van der Waals surface area contributed by atoms with Crippen molar-refractivity contribution in [3.8, 4) is 0 Å². The van der Waals surface area contributed by atoms with Gasteiger partial charge in [-0.1, -0.05) is 36.4 Å². The molecular formula is C20H22BrN3O2. The third-order valence-electron chi connectivity index (χ3n) is 4.49. The summed E-state index contributed by atoms with van der Waals surface area (Å²) in [5, 5.41) is 5.51.